The molecular formula is C20H23Cl2N3O. The van der Waals surface area contributed by atoms with Gasteiger partial charge in [0.1, 0.15) is 0 Å². The number of piperazine rings is 1. The van der Waals surface area contributed by atoms with Crippen LogP contribution in [0.25, 0.3) is 21.8 Å². The molecule has 1 aliphatic heterocycles. The molecule has 4 rings (SSSR count). The first-order valence-electron chi connectivity index (χ1n) is 8.97. The van der Waals surface area contributed by atoms with Crippen molar-refractivity contribution in [1.82, 2.24) is 14.4 Å². The van der Waals surface area contributed by atoms with Crippen LogP contribution in [-0.2, 0) is 6.54 Å². The third-order valence-corrected chi connectivity index (χ3v) is 5.72. The molecule has 138 valence electrons. The third-order valence-electron chi connectivity index (χ3n) is 5.25. The molecule has 0 radical (unpaired) electrons. The van der Waals surface area contributed by atoms with Crippen molar-refractivity contribution >= 4 is 45.0 Å². The Kier molecular flexibility index (Phi) is 5.13. The largest absolute Gasteiger partial charge is 0.390 e. The minimum Gasteiger partial charge on any atom is -0.390 e. The molecule has 26 heavy (non-hydrogen) atoms. The average molecular weight is 392 g/mol. The van der Waals surface area contributed by atoms with E-state index in [1.54, 1.807) is 0 Å². The second-order valence-corrected chi connectivity index (χ2v) is 8.06. The number of benzene rings is 2. The summed E-state index contributed by atoms with van der Waals surface area (Å²) in [6, 6.07) is 11.8. The van der Waals surface area contributed by atoms with Gasteiger partial charge in [0.05, 0.1) is 12.6 Å². The van der Waals surface area contributed by atoms with E-state index in [0.29, 0.717) is 23.1 Å². The number of likely N-dealkylation sites (N-methyl/N-ethyl adjacent to an activating group) is 1. The Hall–Kier alpha value is -1.30. The summed E-state index contributed by atoms with van der Waals surface area (Å²) in [6.07, 6.45) is -0.427. The normalized spacial score (nSPS) is 18.0. The van der Waals surface area contributed by atoms with Crippen molar-refractivity contribution < 1.29 is 5.11 Å². The zero-order valence-corrected chi connectivity index (χ0v) is 16.3. The summed E-state index contributed by atoms with van der Waals surface area (Å²) in [6.45, 7) is 5.36. The van der Waals surface area contributed by atoms with Crippen molar-refractivity contribution in [1.29, 1.82) is 0 Å². The summed E-state index contributed by atoms with van der Waals surface area (Å²) in [4.78, 5) is 4.66. The van der Waals surface area contributed by atoms with Crippen LogP contribution < -0.4 is 0 Å². The first-order chi connectivity index (χ1) is 12.5. The summed E-state index contributed by atoms with van der Waals surface area (Å²) in [5, 5.41) is 14.3. The highest BCUT2D eigenvalue weighted by molar-refractivity contribution is 6.33. The van der Waals surface area contributed by atoms with Crippen molar-refractivity contribution in [2.45, 2.75) is 12.6 Å². The minimum atomic E-state index is -0.427. The Bertz CT molecular complexity index is 872. The highest BCUT2D eigenvalue weighted by Crippen LogP contribution is 2.33. The predicted octanol–water partition coefficient (Wildman–Crippen LogP) is 3.71. The van der Waals surface area contributed by atoms with Crippen LogP contribution in [-0.4, -0.2) is 65.3 Å². The first-order valence-corrected chi connectivity index (χ1v) is 9.73. The lowest BCUT2D eigenvalue weighted by molar-refractivity contribution is 0.0723. The fourth-order valence-electron chi connectivity index (χ4n) is 3.84. The van der Waals surface area contributed by atoms with Crippen LogP contribution in [0.4, 0.5) is 0 Å². The zero-order valence-electron chi connectivity index (χ0n) is 14.8. The number of fused-ring (bicyclic) bond motifs is 3. The maximum absolute atomic E-state index is 10.7. The van der Waals surface area contributed by atoms with Gasteiger partial charge in [-0.15, -0.1) is 0 Å². The van der Waals surface area contributed by atoms with E-state index < -0.39 is 6.10 Å². The van der Waals surface area contributed by atoms with Crippen LogP contribution in [0.1, 0.15) is 0 Å². The fraction of sp³-hybridized carbons (Fsp3) is 0.400. The monoisotopic (exact) mass is 391 g/mol. The molecule has 1 saturated heterocycles. The fourth-order valence-corrected chi connectivity index (χ4v) is 4.19. The number of aliphatic hydroxyl groups is 1. The maximum Gasteiger partial charge on any atom is 0.0845 e. The van der Waals surface area contributed by atoms with Crippen LogP contribution in [0.2, 0.25) is 10.0 Å². The van der Waals surface area contributed by atoms with Gasteiger partial charge in [-0.25, -0.2) is 0 Å². The standard InChI is InChI=1S/C20H23Cl2N3O/c1-23-6-8-24(9-7-23)12-16(26)13-25-19-4-2-14(21)10-17(19)18-11-15(22)3-5-20(18)25/h2-5,10-11,16,26H,6-9,12-13H2,1H3/t16-/m1/s1. The summed E-state index contributed by atoms with van der Waals surface area (Å²) in [5.74, 6) is 0. The lowest BCUT2D eigenvalue weighted by Crippen LogP contribution is -2.47. The molecule has 0 spiro atoms. The number of rotatable bonds is 4. The number of β-amino-alcohol motifs (C(OH)–C–C–N with tert-alkyl or cyclic N) is 1. The molecule has 4 nitrogen and oxygen atoms in total. The molecule has 1 N–H and O–H groups in total. The molecule has 2 aromatic carbocycles. The molecule has 0 saturated carbocycles. The predicted molar refractivity (Wildman–Crippen MR) is 109 cm³/mol. The van der Waals surface area contributed by atoms with Gasteiger partial charge in [-0.3, -0.25) is 4.90 Å². The van der Waals surface area contributed by atoms with Crippen molar-refractivity contribution in [3.8, 4) is 0 Å². The molecule has 0 unspecified atom stereocenters. The van der Waals surface area contributed by atoms with Crippen molar-refractivity contribution in [3.63, 3.8) is 0 Å². The lowest BCUT2D eigenvalue weighted by atomic mass is 10.1. The van der Waals surface area contributed by atoms with E-state index >= 15 is 0 Å². The van der Waals surface area contributed by atoms with E-state index in [-0.39, 0.29) is 0 Å². The molecule has 1 aromatic heterocycles. The summed E-state index contributed by atoms with van der Waals surface area (Å²) < 4.78 is 2.18. The van der Waals surface area contributed by atoms with Gasteiger partial charge < -0.3 is 14.6 Å². The molecule has 1 atom stereocenters. The van der Waals surface area contributed by atoms with Crippen LogP contribution in [0.5, 0.6) is 0 Å². The van der Waals surface area contributed by atoms with Gasteiger partial charge in [0.2, 0.25) is 0 Å². The molecule has 2 heterocycles. The third kappa shape index (κ3) is 3.57. The quantitative estimate of drug-likeness (QED) is 0.735. The number of hydrogen-bond acceptors (Lipinski definition) is 3. The van der Waals surface area contributed by atoms with E-state index in [4.69, 9.17) is 23.2 Å². The van der Waals surface area contributed by atoms with Gasteiger partial charge in [0.25, 0.3) is 0 Å². The Labute approximate surface area is 163 Å². The highest BCUT2D eigenvalue weighted by Gasteiger charge is 2.19. The minimum absolute atomic E-state index is 0.427. The number of aliphatic hydroxyl groups excluding tert-OH is 1. The Balaban J connectivity index is 1.64. The van der Waals surface area contributed by atoms with Gasteiger partial charge in [-0.2, -0.15) is 0 Å². The van der Waals surface area contributed by atoms with Gasteiger partial charge in [-0.1, -0.05) is 23.2 Å². The van der Waals surface area contributed by atoms with Crippen LogP contribution in [0.15, 0.2) is 36.4 Å². The highest BCUT2D eigenvalue weighted by atomic mass is 35.5. The summed E-state index contributed by atoms with van der Waals surface area (Å²) in [5.41, 5.74) is 2.15. The van der Waals surface area contributed by atoms with Crippen LogP contribution in [0.3, 0.4) is 0 Å². The van der Waals surface area contributed by atoms with Crippen molar-refractivity contribution in [3.05, 3.63) is 46.4 Å². The van der Waals surface area contributed by atoms with Crippen LogP contribution in [0, 0.1) is 0 Å². The average Bonchev–Trinajstić information content (AvgIpc) is 2.89. The molecule has 1 aliphatic rings. The van der Waals surface area contributed by atoms with Gasteiger partial charge in [0, 0.05) is 64.6 Å². The van der Waals surface area contributed by atoms with E-state index in [2.05, 4.69) is 21.4 Å². The van der Waals surface area contributed by atoms with E-state index in [1.165, 1.54) is 0 Å². The Morgan fingerprint density at radius 3 is 1.96 bits per heavy atom. The van der Waals surface area contributed by atoms with Crippen molar-refractivity contribution in [2.75, 3.05) is 39.8 Å². The van der Waals surface area contributed by atoms with Crippen molar-refractivity contribution in [2.24, 2.45) is 0 Å². The number of hydrogen-bond donors (Lipinski definition) is 1. The lowest BCUT2D eigenvalue weighted by Gasteiger charge is -2.33. The molecule has 6 heteroatoms. The Morgan fingerprint density at radius 2 is 1.42 bits per heavy atom. The zero-order chi connectivity index (χ0) is 18.3. The topological polar surface area (TPSA) is 31.6 Å². The summed E-state index contributed by atoms with van der Waals surface area (Å²) in [7, 11) is 2.14. The second-order valence-electron chi connectivity index (χ2n) is 7.19. The first kappa shape index (κ1) is 18.1. The van der Waals surface area contributed by atoms with E-state index in [9.17, 15) is 5.11 Å². The molecule has 0 bridgehead atoms. The van der Waals surface area contributed by atoms with Crippen LogP contribution >= 0.6 is 23.2 Å². The molecule has 0 aliphatic carbocycles. The second kappa shape index (κ2) is 7.37. The molecule has 1 fully saturated rings. The molecular weight excluding hydrogens is 369 g/mol. The van der Waals surface area contributed by atoms with E-state index in [0.717, 1.165) is 48.0 Å². The number of nitrogens with zero attached hydrogens (tertiary/aromatic N) is 3. The molecule has 3 aromatic rings. The van der Waals surface area contributed by atoms with Gasteiger partial charge in [-0.05, 0) is 43.4 Å². The SMILES string of the molecule is CN1CCN(C[C@@H](O)Cn2c3ccc(Cl)cc3c3cc(Cl)ccc32)CC1. The summed E-state index contributed by atoms with van der Waals surface area (Å²) >= 11 is 12.4. The number of aromatic nitrogens is 1. The maximum atomic E-state index is 10.7. The van der Waals surface area contributed by atoms with Gasteiger partial charge in [0.15, 0.2) is 0 Å². The molecule has 0 amide bonds. The number of halogens is 2. The smallest absolute Gasteiger partial charge is 0.0845 e. The van der Waals surface area contributed by atoms with E-state index in [1.807, 2.05) is 36.4 Å². The van der Waals surface area contributed by atoms with Gasteiger partial charge >= 0.3 is 0 Å². The Morgan fingerprint density at radius 1 is 0.885 bits per heavy atom.